The molecule has 0 heterocycles. The zero-order valence-electron chi connectivity index (χ0n) is 10.5. The number of benzene rings is 2. The first-order valence-electron chi connectivity index (χ1n) is 5.69. The zero-order valence-corrected chi connectivity index (χ0v) is 11.3. The van der Waals surface area contributed by atoms with Gasteiger partial charge in [-0.25, -0.2) is 0 Å². The number of carbonyl (C=O) groups excluding carboxylic acids is 1. The van der Waals surface area contributed by atoms with Crippen LogP contribution in [0.1, 0.15) is 15.9 Å². The van der Waals surface area contributed by atoms with Crippen LogP contribution in [0.15, 0.2) is 36.4 Å². The van der Waals surface area contributed by atoms with E-state index in [1.54, 1.807) is 25.1 Å². The van der Waals surface area contributed by atoms with Crippen LogP contribution in [0.3, 0.4) is 0 Å². The Morgan fingerprint density at radius 1 is 1.25 bits per heavy atom. The SMILES string of the molecule is Cc1cc(Oc2ccc(Cl)cc2[N+](=O)[O-])ccc1C=O. The second kappa shape index (κ2) is 5.71. The number of halogens is 1. The molecule has 2 aromatic carbocycles. The van der Waals surface area contributed by atoms with Gasteiger partial charge in [-0.2, -0.15) is 0 Å². The lowest BCUT2D eigenvalue weighted by Crippen LogP contribution is -1.94. The molecule has 6 heteroatoms. The molecule has 0 N–H and O–H groups in total. The van der Waals surface area contributed by atoms with Gasteiger partial charge in [-0.05, 0) is 42.8 Å². The van der Waals surface area contributed by atoms with Gasteiger partial charge in [-0.3, -0.25) is 14.9 Å². The molecule has 2 rings (SSSR count). The molecule has 0 amide bonds. The maximum atomic E-state index is 11.0. The molecular weight excluding hydrogens is 282 g/mol. The summed E-state index contributed by atoms with van der Waals surface area (Å²) in [6.45, 7) is 1.76. The highest BCUT2D eigenvalue weighted by Crippen LogP contribution is 2.33. The van der Waals surface area contributed by atoms with Crippen molar-refractivity contribution in [2.24, 2.45) is 0 Å². The Bertz CT molecular complexity index is 685. The Kier molecular flexibility index (Phi) is 4.00. The van der Waals surface area contributed by atoms with E-state index >= 15 is 0 Å². The van der Waals surface area contributed by atoms with Crippen LogP contribution < -0.4 is 4.74 Å². The second-order valence-electron chi connectivity index (χ2n) is 4.11. The van der Waals surface area contributed by atoms with E-state index in [0.29, 0.717) is 11.3 Å². The highest BCUT2D eigenvalue weighted by atomic mass is 35.5. The molecule has 0 spiro atoms. The maximum absolute atomic E-state index is 11.0. The molecule has 0 unspecified atom stereocenters. The molecule has 0 bridgehead atoms. The van der Waals surface area contributed by atoms with Crippen molar-refractivity contribution in [2.45, 2.75) is 6.92 Å². The van der Waals surface area contributed by atoms with Crippen LogP contribution in [-0.2, 0) is 0 Å². The average molecular weight is 292 g/mol. The minimum atomic E-state index is -0.562. The molecular formula is C14H10ClNO4. The zero-order chi connectivity index (χ0) is 14.7. The molecule has 0 saturated heterocycles. The van der Waals surface area contributed by atoms with Crippen molar-refractivity contribution >= 4 is 23.6 Å². The third-order valence-corrected chi connectivity index (χ3v) is 2.95. The number of carbonyl (C=O) groups is 1. The van der Waals surface area contributed by atoms with Crippen molar-refractivity contribution in [2.75, 3.05) is 0 Å². The van der Waals surface area contributed by atoms with E-state index in [1.165, 1.54) is 18.2 Å². The van der Waals surface area contributed by atoms with Crippen LogP contribution in [0.25, 0.3) is 0 Å². The van der Waals surface area contributed by atoms with Crippen molar-refractivity contribution in [3.8, 4) is 11.5 Å². The first-order valence-corrected chi connectivity index (χ1v) is 6.06. The first-order chi connectivity index (χ1) is 9.51. The molecule has 0 aliphatic heterocycles. The average Bonchev–Trinajstić information content (AvgIpc) is 2.41. The third kappa shape index (κ3) is 2.95. The van der Waals surface area contributed by atoms with Gasteiger partial charge in [-0.15, -0.1) is 0 Å². The summed E-state index contributed by atoms with van der Waals surface area (Å²) in [5.74, 6) is 0.510. The number of nitrogens with zero attached hydrogens (tertiary/aromatic N) is 1. The topological polar surface area (TPSA) is 69.4 Å². The summed E-state index contributed by atoms with van der Waals surface area (Å²) in [6, 6.07) is 8.99. The van der Waals surface area contributed by atoms with Crippen LogP contribution in [0.5, 0.6) is 11.5 Å². The minimum absolute atomic E-state index is 0.0950. The lowest BCUT2D eigenvalue weighted by atomic mass is 10.1. The number of aldehydes is 1. The van der Waals surface area contributed by atoms with Crippen molar-refractivity contribution in [3.63, 3.8) is 0 Å². The molecule has 20 heavy (non-hydrogen) atoms. The summed E-state index contributed by atoms with van der Waals surface area (Å²) in [4.78, 5) is 21.1. The summed E-state index contributed by atoms with van der Waals surface area (Å²) in [6.07, 6.45) is 0.740. The van der Waals surface area contributed by atoms with Gasteiger partial charge in [0.1, 0.15) is 12.0 Å². The fourth-order valence-corrected chi connectivity index (χ4v) is 1.86. The van der Waals surface area contributed by atoms with Gasteiger partial charge in [0.2, 0.25) is 5.75 Å². The summed E-state index contributed by atoms with van der Waals surface area (Å²) in [7, 11) is 0. The number of ether oxygens (including phenoxy) is 1. The van der Waals surface area contributed by atoms with E-state index in [1.807, 2.05) is 0 Å². The van der Waals surface area contributed by atoms with Gasteiger partial charge in [0.25, 0.3) is 0 Å². The highest BCUT2D eigenvalue weighted by molar-refractivity contribution is 6.30. The summed E-state index contributed by atoms with van der Waals surface area (Å²) >= 11 is 5.73. The molecule has 0 aliphatic rings. The Labute approximate surface area is 119 Å². The van der Waals surface area contributed by atoms with Gasteiger partial charge >= 0.3 is 5.69 Å². The predicted molar refractivity (Wildman–Crippen MR) is 74.7 cm³/mol. The molecule has 0 atom stereocenters. The lowest BCUT2D eigenvalue weighted by molar-refractivity contribution is -0.385. The van der Waals surface area contributed by atoms with Crippen LogP contribution >= 0.6 is 11.6 Å². The quantitative estimate of drug-likeness (QED) is 0.482. The Balaban J connectivity index is 2.37. The highest BCUT2D eigenvalue weighted by Gasteiger charge is 2.16. The monoisotopic (exact) mass is 291 g/mol. The second-order valence-corrected chi connectivity index (χ2v) is 4.54. The van der Waals surface area contributed by atoms with Crippen molar-refractivity contribution < 1.29 is 14.5 Å². The summed E-state index contributed by atoms with van der Waals surface area (Å²) in [5, 5.41) is 11.2. The Hall–Kier alpha value is -2.40. The first kappa shape index (κ1) is 14.0. The number of hydrogen-bond acceptors (Lipinski definition) is 4. The summed E-state index contributed by atoms with van der Waals surface area (Å²) in [5.41, 5.74) is 1.06. The number of aryl methyl sites for hydroxylation is 1. The molecule has 0 fully saturated rings. The van der Waals surface area contributed by atoms with Crippen LogP contribution in [-0.4, -0.2) is 11.2 Å². The van der Waals surface area contributed by atoms with Crippen LogP contribution in [0, 0.1) is 17.0 Å². The van der Waals surface area contributed by atoms with Crippen molar-refractivity contribution in [1.82, 2.24) is 0 Å². The molecule has 0 aliphatic carbocycles. The van der Waals surface area contributed by atoms with Gasteiger partial charge in [0, 0.05) is 16.7 Å². The number of hydrogen-bond donors (Lipinski definition) is 0. The maximum Gasteiger partial charge on any atom is 0.313 e. The fourth-order valence-electron chi connectivity index (χ4n) is 1.69. The fraction of sp³-hybridized carbons (Fsp3) is 0.0714. The number of nitro benzene ring substituents is 1. The van der Waals surface area contributed by atoms with Crippen LogP contribution in [0.4, 0.5) is 5.69 Å². The molecule has 0 saturated carbocycles. The van der Waals surface area contributed by atoms with E-state index < -0.39 is 4.92 Å². The van der Waals surface area contributed by atoms with E-state index in [9.17, 15) is 14.9 Å². The molecule has 5 nitrogen and oxygen atoms in total. The van der Waals surface area contributed by atoms with Gasteiger partial charge in [0.05, 0.1) is 4.92 Å². The van der Waals surface area contributed by atoms with Crippen molar-refractivity contribution in [3.05, 3.63) is 62.7 Å². The molecule has 2 aromatic rings. The van der Waals surface area contributed by atoms with Gasteiger partial charge in [0.15, 0.2) is 0 Å². The van der Waals surface area contributed by atoms with Gasteiger partial charge in [-0.1, -0.05) is 11.6 Å². The van der Waals surface area contributed by atoms with Gasteiger partial charge < -0.3 is 4.74 Å². The molecule has 102 valence electrons. The number of nitro groups is 1. The molecule has 0 radical (unpaired) electrons. The third-order valence-electron chi connectivity index (χ3n) is 2.71. The van der Waals surface area contributed by atoms with E-state index in [2.05, 4.69) is 0 Å². The molecule has 0 aromatic heterocycles. The minimum Gasteiger partial charge on any atom is -0.450 e. The van der Waals surface area contributed by atoms with E-state index in [0.717, 1.165) is 11.8 Å². The standard InChI is InChI=1S/C14H10ClNO4/c1-9-6-12(4-2-10(9)8-17)20-14-5-3-11(15)7-13(14)16(18)19/h2-8H,1H3. The van der Waals surface area contributed by atoms with E-state index in [4.69, 9.17) is 16.3 Å². The Morgan fingerprint density at radius 2 is 2.00 bits per heavy atom. The largest absolute Gasteiger partial charge is 0.450 e. The van der Waals surface area contributed by atoms with Crippen molar-refractivity contribution in [1.29, 1.82) is 0 Å². The number of rotatable bonds is 4. The van der Waals surface area contributed by atoms with Crippen LogP contribution in [0.2, 0.25) is 5.02 Å². The summed E-state index contributed by atoms with van der Waals surface area (Å²) < 4.78 is 5.49. The normalized spacial score (nSPS) is 10.1. The Morgan fingerprint density at radius 3 is 2.60 bits per heavy atom. The predicted octanol–water partition coefficient (Wildman–Crippen LogP) is 4.16. The smallest absolute Gasteiger partial charge is 0.313 e. The van der Waals surface area contributed by atoms with E-state index in [-0.39, 0.29) is 16.5 Å². The lowest BCUT2D eigenvalue weighted by Gasteiger charge is -2.08.